The molecule has 1 aromatic rings. The predicted octanol–water partition coefficient (Wildman–Crippen LogP) is 1.86. The highest BCUT2D eigenvalue weighted by Gasteiger charge is 2.12. The summed E-state index contributed by atoms with van der Waals surface area (Å²) < 4.78 is 10.9. The Morgan fingerprint density at radius 3 is 2.58 bits per heavy atom. The van der Waals surface area contributed by atoms with Crippen molar-refractivity contribution in [2.45, 2.75) is 0 Å². The summed E-state index contributed by atoms with van der Waals surface area (Å²) in [6.45, 7) is -0.476. The molecule has 19 heavy (non-hydrogen) atoms. The van der Waals surface area contributed by atoms with Gasteiger partial charge in [0.25, 0.3) is 0 Å². The highest BCUT2D eigenvalue weighted by molar-refractivity contribution is 14.1. The first-order valence-corrected chi connectivity index (χ1v) is 6.15. The van der Waals surface area contributed by atoms with E-state index >= 15 is 0 Å². The van der Waals surface area contributed by atoms with Gasteiger partial charge in [-0.2, -0.15) is 0 Å². The van der Waals surface area contributed by atoms with Crippen molar-refractivity contribution in [3.8, 4) is 11.5 Å². The number of hydrogen-bond donors (Lipinski definition) is 2. The van der Waals surface area contributed by atoms with Crippen LogP contribution in [0.25, 0.3) is 6.08 Å². The molecule has 0 radical (unpaired) electrons. The molecule has 0 fully saturated rings. The van der Waals surface area contributed by atoms with Gasteiger partial charge < -0.3 is 19.7 Å². The Kier molecular flexibility index (Phi) is 5.61. The molecule has 6 nitrogen and oxygen atoms in total. The van der Waals surface area contributed by atoms with Crippen molar-refractivity contribution in [3.05, 3.63) is 27.3 Å². The fraction of sp³-hybridized carbons (Fsp3) is 0.167. The molecule has 0 atom stereocenters. The zero-order chi connectivity index (χ0) is 14.4. The van der Waals surface area contributed by atoms with E-state index in [1.165, 1.54) is 13.2 Å². The lowest BCUT2D eigenvalue weighted by Crippen LogP contribution is -2.11. The molecule has 0 aliphatic rings. The van der Waals surface area contributed by atoms with Crippen molar-refractivity contribution in [2.24, 2.45) is 0 Å². The number of rotatable bonds is 6. The Labute approximate surface area is 122 Å². The molecular weight excluding hydrogens is 367 g/mol. The average Bonchev–Trinajstić information content (AvgIpc) is 2.34. The third kappa shape index (κ3) is 4.78. The van der Waals surface area contributed by atoms with Crippen LogP contribution in [-0.4, -0.2) is 35.9 Å². The van der Waals surface area contributed by atoms with E-state index in [-0.39, 0.29) is 0 Å². The second-order valence-electron chi connectivity index (χ2n) is 3.39. The number of carbonyl (C=O) groups is 2. The highest BCUT2D eigenvalue weighted by atomic mass is 127. The lowest BCUT2D eigenvalue weighted by atomic mass is 10.2. The molecule has 0 spiro atoms. The number of aliphatic carboxylic acids is 2. The predicted molar refractivity (Wildman–Crippen MR) is 75.5 cm³/mol. The van der Waals surface area contributed by atoms with Crippen LogP contribution in [0.4, 0.5) is 0 Å². The number of halogens is 1. The summed E-state index contributed by atoms with van der Waals surface area (Å²) in [4.78, 5) is 20.9. The van der Waals surface area contributed by atoms with Gasteiger partial charge in [0.2, 0.25) is 0 Å². The minimum atomic E-state index is -1.09. The highest BCUT2D eigenvalue weighted by Crippen LogP contribution is 2.34. The molecule has 0 bridgehead atoms. The minimum absolute atomic E-state index is 0.318. The summed E-state index contributed by atoms with van der Waals surface area (Å²) in [6.07, 6.45) is 2.41. The molecular formula is C12H11IO6. The fourth-order valence-corrected chi connectivity index (χ4v) is 2.06. The van der Waals surface area contributed by atoms with E-state index in [4.69, 9.17) is 19.7 Å². The summed E-state index contributed by atoms with van der Waals surface area (Å²) in [5, 5.41) is 17.1. The summed E-state index contributed by atoms with van der Waals surface area (Å²) in [5.74, 6) is -1.48. The van der Waals surface area contributed by atoms with Gasteiger partial charge in [-0.25, -0.2) is 9.59 Å². The van der Waals surface area contributed by atoms with E-state index in [1.807, 2.05) is 22.6 Å². The fourth-order valence-electron chi connectivity index (χ4n) is 1.28. The number of hydrogen-bond acceptors (Lipinski definition) is 4. The quantitative estimate of drug-likeness (QED) is 0.580. The molecule has 0 heterocycles. The van der Waals surface area contributed by atoms with Gasteiger partial charge in [0, 0.05) is 6.08 Å². The SMILES string of the molecule is COc1cc(/C=C/C(=O)O)cc(I)c1OCC(=O)O. The van der Waals surface area contributed by atoms with Crippen molar-refractivity contribution >= 4 is 40.6 Å². The number of carboxylic acid groups (broad SMARTS) is 2. The molecule has 0 aliphatic heterocycles. The van der Waals surface area contributed by atoms with E-state index in [2.05, 4.69) is 0 Å². The van der Waals surface area contributed by atoms with E-state index in [9.17, 15) is 9.59 Å². The van der Waals surface area contributed by atoms with Gasteiger partial charge in [-0.15, -0.1) is 0 Å². The minimum Gasteiger partial charge on any atom is -0.493 e. The zero-order valence-corrected chi connectivity index (χ0v) is 12.1. The normalized spacial score (nSPS) is 10.4. The average molecular weight is 378 g/mol. The third-order valence-electron chi connectivity index (χ3n) is 2.01. The summed E-state index contributed by atoms with van der Waals surface area (Å²) in [7, 11) is 1.42. The molecule has 0 aliphatic carbocycles. The number of benzene rings is 1. The van der Waals surface area contributed by atoms with Gasteiger partial charge in [0.05, 0.1) is 10.7 Å². The van der Waals surface area contributed by atoms with E-state index in [1.54, 1.807) is 12.1 Å². The van der Waals surface area contributed by atoms with Crippen molar-refractivity contribution in [1.82, 2.24) is 0 Å². The summed E-state index contributed by atoms with van der Waals surface area (Å²) in [6, 6.07) is 3.23. The Morgan fingerprint density at radius 2 is 2.05 bits per heavy atom. The van der Waals surface area contributed by atoms with Crippen LogP contribution in [0.1, 0.15) is 5.56 Å². The van der Waals surface area contributed by atoms with Crippen LogP contribution >= 0.6 is 22.6 Å². The lowest BCUT2D eigenvalue weighted by Gasteiger charge is -2.12. The van der Waals surface area contributed by atoms with E-state index in [0.29, 0.717) is 20.6 Å². The van der Waals surface area contributed by atoms with Gasteiger partial charge in [-0.1, -0.05) is 0 Å². The van der Waals surface area contributed by atoms with Crippen LogP contribution in [0.15, 0.2) is 18.2 Å². The Hall–Kier alpha value is -1.77. The molecule has 0 amide bonds. The van der Waals surface area contributed by atoms with Crippen molar-refractivity contribution in [1.29, 1.82) is 0 Å². The number of carboxylic acids is 2. The first-order chi connectivity index (χ1) is 8.93. The topological polar surface area (TPSA) is 93.1 Å². The van der Waals surface area contributed by atoms with Crippen LogP contribution in [0, 0.1) is 3.57 Å². The number of methoxy groups -OCH3 is 1. The maximum absolute atomic E-state index is 10.5. The smallest absolute Gasteiger partial charge is 0.341 e. The Balaban J connectivity index is 3.07. The van der Waals surface area contributed by atoms with Gasteiger partial charge in [0.1, 0.15) is 0 Å². The standard InChI is InChI=1S/C12H11IO6/c1-18-9-5-7(2-3-10(14)15)4-8(13)12(9)19-6-11(16)17/h2-5H,6H2,1H3,(H,14,15)(H,16,17)/b3-2+. The van der Waals surface area contributed by atoms with Gasteiger partial charge >= 0.3 is 11.9 Å². The van der Waals surface area contributed by atoms with Gasteiger partial charge in [-0.05, 0) is 46.4 Å². The van der Waals surface area contributed by atoms with Crippen molar-refractivity contribution in [2.75, 3.05) is 13.7 Å². The molecule has 1 aromatic carbocycles. The largest absolute Gasteiger partial charge is 0.493 e. The monoisotopic (exact) mass is 378 g/mol. The number of ether oxygens (including phenoxy) is 2. The van der Waals surface area contributed by atoms with E-state index < -0.39 is 18.5 Å². The molecule has 2 N–H and O–H groups in total. The van der Waals surface area contributed by atoms with Crippen LogP contribution in [-0.2, 0) is 9.59 Å². The van der Waals surface area contributed by atoms with Crippen LogP contribution in [0.5, 0.6) is 11.5 Å². The van der Waals surface area contributed by atoms with Gasteiger partial charge in [0.15, 0.2) is 18.1 Å². The zero-order valence-electron chi connectivity index (χ0n) is 9.92. The van der Waals surface area contributed by atoms with Crippen molar-refractivity contribution in [3.63, 3.8) is 0 Å². The van der Waals surface area contributed by atoms with E-state index in [0.717, 1.165) is 6.08 Å². The molecule has 0 aromatic heterocycles. The second-order valence-corrected chi connectivity index (χ2v) is 4.55. The van der Waals surface area contributed by atoms with Crippen LogP contribution in [0.2, 0.25) is 0 Å². The Morgan fingerprint density at radius 1 is 1.37 bits per heavy atom. The molecule has 1 rings (SSSR count). The summed E-state index contributed by atoms with van der Waals surface area (Å²) in [5.41, 5.74) is 0.617. The van der Waals surface area contributed by atoms with Crippen molar-refractivity contribution < 1.29 is 29.3 Å². The maximum Gasteiger partial charge on any atom is 0.341 e. The third-order valence-corrected chi connectivity index (χ3v) is 2.81. The second kappa shape index (κ2) is 6.98. The molecule has 7 heteroatoms. The van der Waals surface area contributed by atoms with Crippen LogP contribution in [0.3, 0.4) is 0 Å². The first kappa shape index (κ1) is 15.3. The van der Waals surface area contributed by atoms with Gasteiger partial charge in [-0.3, -0.25) is 0 Å². The Bertz CT molecular complexity index is 523. The maximum atomic E-state index is 10.5. The lowest BCUT2D eigenvalue weighted by molar-refractivity contribution is -0.139. The summed E-state index contributed by atoms with van der Waals surface area (Å²) >= 11 is 1.96. The molecule has 102 valence electrons. The molecule has 0 saturated carbocycles. The molecule has 0 unspecified atom stereocenters. The van der Waals surface area contributed by atoms with Crippen LogP contribution < -0.4 is 9.47 Å². The molecule has 0 saturated heterocycles. The first-order valence-electron chi connectivity index (χ1n) is 5.07.